The Kier molecular flexibility index (Phi) is 6.44. The van der Waals surface area contributed by atoms with Crippen molar-refractivity contribution >= 4 is 18.3 Å². The van der Waals surface area contributed by atoms with Gasteiger partial charge in [0.25, 0.3) is 0 Å². The van der Waals surface area contributed by atoms with E-state index in [0.717, 1.165) is 31.8 Å². The maximum Gasteiger partial charge on any atom is 0.222 e. The van der Waals surface area contributed by atoms with Crippen molar-refractivity contribution in [3.63, 3.8) is 0 Å². The number of halogens is 1. The molecule has 2 unspecified atom stereocenters. The van der Waals surface area contributed by atoms with Crippen LogP contribution in [0.2, 0.25) is 0 Å². The summed E-state index contributed by atoms with van der Waals surface area (Å²) in [6.07, 6.45) is 7.33. The molecule has 3 nitrogen and oxygen atoms in total. The molecule has 1 heterocycles. The zero-order valence-corrected chi connectivity index (χ0v) is 12.5. The van der Waals surface area contributed by atoms with E-state index in [-0.39, 0.29) is 12.4 Å². The molecule has 0 aromatic heterocycles. The Balaban J connectivity index is 0.00000162. The highest BCUT2D eigenvalue weighted by Crippen LogP contribution is 2.28. The van der Waals surface area contributed by atoms with E-state index in [9.17, 15) is 4.79 Å². The van der Waals surface area contributed by atoms with Gasteiger partial charge in [-0.2, -0.15) is 0 Å². The SMILES string of the molecule is CC1NCCN(C(=O)CCC2CCCC2)C1C.Cl. The molecule has 4 heteroatoms. The van der Waals surface area contributed by atoms with Crippen molar-refractivity contribution in [2.24, 2.45) is 5.92 Å². The van der Waals surface area contributed by atoms with E-state index < -0.39 is 0 Å². The second-order valence-electron chi connectivity index (χ2n) is 5.76. The zero-order chi connectivity index (χ0) is 12.3. The van der Waals surface area contributed by atoms with Gasteiger partial charge in [0.05, 0.1) is 0 Å². The highest BCUT2D eigenvalue weighted by molar-refractivity contribution is 5.85. The minimum atomic E-state index is 0. The van der Waals surface area contributed by atoms with Gasteiger partial charge in [-0.1, -0.05) is 25.7 Å². The van der Waals surface area contributed by atoms with Crippen LogP contribution in [0.1, 0.15) is 52.4 Å². The van der Waals surface area contributed by atoms with E-state index in [4.69, 9.17) is 0 Å². The molecule has 1 saturated carbocycles. The molecule has 2 rings (SSSR count). The Bertz CT molecular complexity index is 267. The maximum absolute atomic E-state index is 12.2. The number of nitrogens with one attached hydrogen (secondary N) is 1. The number of nitrogens with zero attached hydrogens (tertiary/aromatic N) is 1. The van der Waals surface area contributed by atoms with Crippen LogP contribution in [0.4, 0.5) is 0 Å². The average molecular weight is 275 g/mol. The summed E-state index contributed by atoms with van der Waals surface area (Å²) >= 11 is 0. The standard InChI is InChI=1S/C14H26N2O.ClH/c1-11-12(2)16(10-9-15-11)14(17)8-7-13-5-3-4-6-13;/h11-13,15H,3-10H2,1-2H3;1H. The molecule has 0 spiro atoms. The molecule has 0 bridgehead atoms. The van der Waals surface area contributed by atoms with Crippen LogP contribution in [0.15, 0.2) is 0 Å². The molecule has 1 aliphatic heterocycles. The van der Waals surface area contributed by atoms with Crippen LogP contribution < -0.4 is 5.32 Å². The van der Waals surface area contributed by atoms with Crippen molar-refractivity contribution in [2.75, 3.05) is 13.1 Å². The number of carbonyl (C=O) groups is 1. The van der Waals surface area contributed by atoms with Gasteiger partial charge in [0.2, 0.25) is 5.91 Å². The third kappa shape index (κ3) is 3.86. The first-order valence-electron chi connectivity index (χ1n) is 7.21. The number of piperazine rings is 1. The maximum atomic E-state index is 12.2. The molecular formula is C14H27ClN2O. The normalized spacial score (nSPS) is 29.1. The van der Waals surface area contributed by atoms with Gasteiger partial charge < -0.3 is 10.2 Å². The molecule has 0 aromatic carbocycles. The first kappa shape index (κ1) is 15.8. The van der Waals surface area contributed by atoms with E-state index in [1.807, 2.05) is 0 Å². The molecule has 2 fully saturated rings. The van der Waals surface area contributed by atoms with Gasteiger partial charge in [0, 0.05) is 31.6 Å². The lowest BCUT2D eigenvalue weighted by Gasteiger charge is -2.38. The van der Waals surface area contributed by atoms with Crippen LogP contribution in [-0.4, -0.2) is 36.0 Å². The first-order chi connectivity index (χ1) is 8.18. The predicted molar refractivity (Wildman–Crippen MR) is 77.1 cm³/mol. The lowest BCUT2D eigenvalue weighted by molar-refractivity contribution is -0.135. The fraction of sp³-hybridized carbons (Fsp3) is 0.929. The van der Waals surface area contributed by atoms with Gasteiger partial charge in [-0.15, -0.1) is 12.4 Å². The lowest BCUT2D eigenvalue weighted by atomic mass is 10.00. The number of carbonyl (C=O) groups excluding carboxylic acids is 1. The van der Waals surface area contributed by atoms with Crippen molar-refractivity contribution in [2.45, 2.75) is 64.5 Å². The molecule has 106 valence electrons. The van der Waals surface area contributed by atoms with E-state index in [1.165, 1.54) is 25.7 Å². The molecule has 1 N–H and O–H groups in total. The first-order valence-corrected chi connectivity index (χ1v) is 7.21. The molecule has 2 atom stereocenters. The third-order valence-corrected chi connectivity index (χ3v) is 4.60. The number of hydrogen-bond donors (Lipinski definition) is 1. The molecular weight excluding hydrogens is 248 g/mol. The van der Waals surface area contributed by atoms with E-state index in [1.54, 1.807) is 0 Å². The summed E-state index contributed by atoms with van der Waals surface area (Å²) in [5.74, 6) is 1.20. The van der Waals surface area contributed by atoms with Gasteiger partial charge in [-0.3, -0.25) is 4.79 Å². The van der Waals surface area contributed by atoms with Gasteiger partial charge in [0.15, 0.2) is 0 Å². The molecule has 1 amide bonds. The van der Waals surface area contributed by atoms with Gasteiger partial charge in [-0.25, -0.2) is 0 Å². The number of hydrogen-bond acceptors (Lipinski definition) is 2. The third-order valence-electron chi connectivity index (χ3n) is 4.60. The Morgan fingerprint density at radius 1 is 1.28 bits per heavy atom. The average Bonchev–Trinajstić information content (AvgIpc) is 2.82. The Hall–Kier alpha value is -0.280. The summed E-state index contributed by atoms with van der Waals surface area (Å²) < 4.78 is 0. The monoisotopic (exact) mass is 274 g/mol. The summed E-state index contributed by atoms with van der Waals surface area (Å²) in [6, 6.07) is 0.777. The highest BCUT2D eigenvalue weighted by Gasteiger charge is 2.28. The molecule has 2 aliphatic rings. The number of rotatable bonds is 3. The largest absolute Gasteiger partial charge is 0.337 e. The Morgan fingerprint density at radius 3 is 2.61 bits per heavy atom. The van der Waals surface area contributed by atoms with Crippen molar-refractivity contribution in [3.05, 3.63) is 0 Å². The fourth-order valence-electron chi connectivity index (χ4n) is 3.18. The second kappa shape index (κ2) is 7.34. The fourth-order valence-corrected chi connectivity index (χ4v) is 3.18. The van der Waals surface area contributed by atoms with Crippen LogP contribution >= 0.6 is 12.4 Å². The van der Waals surface area contributed by atoms with E-state index in [2.05, 4.69) is 24.1 Å². The summed E-state index contributed by atoms with van der Waals surface area (Å²) in [7, 11) is 0. The smallest absolute Gasteiger partial charge is 0.222 e. The summed E-state index contributed by atoms with van der Waals surface area (Å²) in [6.45, 7) is 6.15. The molecule has 18 heavy (non-hydrogen) atoms. The van der Waals surface area contributed by atoms with Gasteiger partial charge in [-0.05, 0) is 26.2 Å². The minimum Gasteiger partial charge on any atom is -0.337 e. The van der Waals surface area contributed by atoms with Crippen LogP contribution in [-0.2, 0) is 4.79 Å². The topological polar surface area (TPSA) is 32.3 Å². The van der Waals surface area contributed by atoms with Crippen molar-refractivity contribution < 1.29 is 4.79 Å². The Labute approximate surface area is 117 Å². The van der Waals surface area contributed by atoms with Crippen LogP contribution in [0.5, 0.6) is 0 Å². The summed E-state index contributed by atoms with van der Waals surface area (Å²) in [5, 5.41) is 3.42. The molecule has 0 aromatic rings. The van der Waals surface area contributed by atoms with Crippen LogP contribution in [0.25, 0.3) is 0 Å². The lowest BCUT2D eigenvalue weighted by Crippen LogP contribution is -2.57. The van der Waals surface area contributed by atoms with Crippen molar-refractivity contribution in [3.8, 4) is 0 Å². The van der Waals surface area contributed by atoms with Crippen molar-refractivity contribution in [1.29, 1.82) is 0 Å². The van der Waals surface area contributed by atoms with E-state index in [0.29, 0.717) is 18.0 Å². The van der Waals surface area contributed by atoms with Gasteiger partial charge >= 0.3 is 0 Å². The highest BCUT2D eigenvalue weighted by atomic mass is 35.5. The summed E-state index contributed by atoms with van der Waals surface area (Å²) in [4.78, 5) is 14.3. The minimum absolute atomic E-state index is 0. The Morgan fingerprint density at radius 2 is 1.94 bits per heavy atom. The van der Waals surface area contributed by atoms with Crippen LogP contribution in [0, 0.1) is 5.92 Å². The second-order valence-corrected chi connectivity index (χ2v) is 5.76. The van der Waals surface area contributed by atoms with E-state index >= 15 is 0 Å². The quantitative estimate of drug-likeness (QED) is 0.858. The molecule has 1 saturated heterocycles. The van der Waals surface area contributed by atoms with Crippen LogP contribution in [0.3, 0.4) is 0 Å². The zero-order valence-electron chi connectivity index (χ0n) is 11.7. The molecule has 1 aliphatic carbocycles. The molecule has 0 radical (unpaired) electrons. The van der Waals surface area contributed by atoms with Crippen molar-refractivity contribution in [1.82, 2.24) is 10.2 Å². The van der Waals surface area contributed by atoms with Gasteiger partial charge in [0.1, 0.15) is 0 Å². The summed E-state index contributed by atoms with van der Waals surface area (Å²) in [5.41, 5.74) is 0. The predicted octanol–water partition coefficient (Wildman–Crippen LogP) is 2.59. The number of amides is 1.